The van der Waals surface area contributed by atoms with Crippen LogP contribution in [0.3, 0.4) is 0 Å². The molecule has 0 aliphatic carbocycles. The van der Waals surface area contributed by atoms with Crippen molar-refractivity contribution >= 4 is 23.1 Å². The highest BCUT2D eigenvalue weighted by Gasteiger charge is 2.36. The summed E-state index contributed by atoms with van der Waals surface area (Å²) in [5.41, 5.74) is -0.283. The van der Waals surface area contributed by atoms with Crippen LogP contribution >= 0.6 is 0 Å². The molecule has 3 heterocycles. The summed E-state index contributed by atoms with van der Waals surface area (Å²) < 4.78 is 29.3. The number of amides is 1. The Hall–Kier alpha value is -2.58. The highest BCUT2D eigenvalue weighted by Crippen LogP contribution is 2.29. The Morgan fingerprint density at radius 3 is 2.69 bits per heavy atom. The van der Waals surface area contributed by atoms with Crippen molar-refractivity contribution in [3.05, 3.63) is 6.33 Å². The van der Waals surface area contributed by atoms with Gasteiger partial charge in [-0.25, -0.2) is 9.78 Å². The molecular formula is C17H26N6O3. The van der Waals surface area contributed by atoms with Gasteiger partial charge in [0.25, 0.3) is 0 Å². The highest BCUT2D eigenvalue weighted by molar-refractivity contribution is 5.84. The van der Waals surface area contributed by atoms with E-state index in [0.29, 0.717) is 18.9 Å². The molecule has 2 aromatic rings. The summed E-state index contributed by atoms with van der Waals surface area (Å²) in [6.07, 6.45) is 0.777. The lowest BCUT2D eigenvalue weighted by atomic mass is 10.1. The third-order valence-corrected chi connectivity index (χ3v) is 4.25. The molecule has 9 heteroatoms. The molecule has 1 fully saturated rings. The van der Waals surface area contributed by atoms with Crippen molar-refractivity contribution in [3.63, 3.8) is 0 Å². The summed E-state index contributed by atoms with van der Waals surface area (Å²) in [4.78, 5) is 28.2. The molecule has 2 aromatic heterocycles. The average molecular weight is 365 g/mol. The molecule has 9 nitrogen and oxygen atoms in total. The number of piperazine rings is 1. The van der Waals surface area contributed by atoms with Crippen LogP contribution in [0, 0.1) is 0 Å². The van der Waals surface area contributed by atoms with Gasteiger partial charge in [0, 0.05) is 36.3 Å². The molecule has 1 aliphatic heterocycles. The van der Waals surface area contributed by atoms with Crippen molar-refractivity contribution in [1.29, 1.82) is 0 Å². The zero-order chi connectivity index (χ0) is 21.7. The smallest absolute Gasteiger partial charge is 0.410 e. The van der Waals surface area contributed by atoms with Gasteiger partial charge in [0.1, 0.15) is 5.60 Å². The monoisotopic (exact) mass is 365 g/mol. The van der Waals surface area contributed by atoms with Crippen LogP contribution in [0.2, 0.25) is 0 Å². The van der Waals surface area contributed by atoms with Crippen molar-refractivity contribution in [2.75, 3.05) is 18.0 Å². The number of hydrogen-bond acceptors (Lipinski definition) is 7. The van der Waals surface area contributed by atoms with Gasteiger partial charge >= 0.3 is 12.1 Å². The van der Waals surface area contributed by atoms with Gasteiger partial charge in [0.15, 0.2) is 17.0 Å². The van der Waals surface area contributed by atoms with Gasteiger partial charge < -0.3 is 24.2 Å². The van der Waals surface area contributed by atoms with Crippen molar-refractivity contribution in [3.8, 4) is 6.01 Å². The Labute approximate surface area is 156 Å². The predicted molar refractivity (Wildman–Crippen MR) is 97.2 cm³/mol. The molecule has 1 saturated heterocycles. The number of anilines is 1. The first-order valence-electron chi connectivity index (χ1n) is 9.98. The summed E-state index contributed by atoms with van der Waals surface area (Å²) >= 11 is 0. The fourth-order valence-electron chi connectivity index (χ4n) is 3.07. The Morgan fingerprint density at radius 1 is 1.31 bits per heavy atom. The minimum Gasteiger partial charge on any atom is -0.479 e. The summed E-state index contributed by atoms with van der Waals surface area (Å²) in [6.45, 7) is 7.55. The number of ether oxygens (including phenoxy) is 1. The summed E-state index contributed by atoms with van der Waals surface area (Å²) in [5, 5.41) is 10.0. The molecular weight excluding hydrogens is 336 g/mol. The van der Waals surface area contributed by atoms with Gasteiger partial charge in [-0.15, -0.1) is 0 Å². The molecule has 0 unspecified atom stereocenters. The summed E-state index contributed by atoms with van der Waals surface area (Å²) in [6, 6.07) is -0.903. The van der Waals surface area contributed by atoms with E-state index in [4.69, 9.17) is 8.85 Å². The number of aromatic nitrogens is 4. The van der Waals surface area contributed by atoms with E-state index in [9.17, 15) is 9.90 Å². The van der Waals surface area contributed by atoms with Crippen LogP contribution in [0.5, 0.6) is 6.01 Å². The van der Waals surface area contributed by atoms with Crippen LogP contribution in [-0.2, 0) is 11.7 Å². The number of rotatable bonds is 1. The van der Waals surface area contributed by atoms with E-state index in [0.717, 1.165) is 4.57 Å². The Bertz CT molecular complexity index is 923. The number of aryl methyl sites for hydroxylation is 1. The fraction of sp³-hybridized carbons (Fsp3) is 0.647. The maximum Gasteiger partial charge on any atom is 0.410 e. The first-order chi connectivity index (χ1) is 13.3. The second-order valence-electron chi connectivity index (χ2n) is 7.62. The molecule has 1 N–H and O–H groups in total. The minimum atomic E-state index is -2.48. The van der Waals surface area contributed by atoms with E-state index in [-0.39, 0.29) is 29.3 Å². The SMILES string of the molecule is [2H]C([2H])([2H])n1cnc2c(N3C[C@@H](C)N(C(=O)OC(C)(C)C)C[C@@H]3C)nc(O)nc21. The number of carbonyl (C=O) groups excluding carboxylic acids is 1. The Kier molecular flexibility index (Phi) is 3.53. The number of nitrogens with zero attached hydrogens (tertiary/aromatic N) is 6. The van der Waals surface area contributed by atoms with Gasteiger partial charge in [-0.1, -0.05) is 0 Å². The third-order valence-electron chi connectivity index (χ3n) is 4.25. The Balaban J connectivity index is 1.94. The molecule has 0 radical (unpaired) electrons. The zero-order valence-electron chi connectivity index (χ0n) is 18.6. The van der Waals surface area contributed by atoms with E-state index in [1.807, 2.05) is 39.5 Å². The largest absolute Gasteiger partial charge is 0.479 e. The van der Waals surface area contributed by atoms with E-state index in [1.54, 1.807) is 4.90 Å². The van der Waals surface area contributed by atoms with E-state index in [2.05, 4.69) is 15.0 Å². The summed E-state index contributed by atoms with van der Waals surface area (Å²) in [5.74, 6) is 0.332. The number of hydrogen-bond donors (Lipinski definition) is 1. The van der Waals surface area contributed by atoms with E-state index >= 15 is 0 Å². The van der Waals surface area contributed by atoms with Crippen LogP contribution < -0.4 is 4.90 Å². The maximum absolute atomic E-state index is 12.5. The fourth-order valence-corrected chi connectivity index (χ4v) is 3.07. The zero-order valence-corrected chi connectivity index (χ0v) is 15.6. The molecule has 0 aromatic carbocycles. The molecule has 26 heavy (non-hydrogen) atoms. The third kappa shape index (κ3) is 3.38. The lowest BCUT2D eigenvalue weighted by molar-refractivity contribution is 0.0130. The lowest BCUT2D eigenvalue weighted by Gasteiger charge is -2.44. The van der Waals surface area contributed by atoms with Crippen LogP contribution in [0.15, 0.2) is 6.33 Å². The first-order valence-corrected chi connectivity index (χ1v) is 8.48. The van der Waals surface area contributed by atoms with Crippen molar-refractivity contribution in [1.82, 2.24) is 24.4 Å². The summed E-state index contributed by atoms with van der Waals surface area (Å²) in [7, 11) is 0. The molecule has 0 saturated carbocycles. The van der Waals surface area contributed by atoms with Crippen molar-refractivity contribution in [2.45, 2.75) is 52.3 Å². The van der Waals surface area contributed by atoms with E-state index in [1.165, 1.54) is 6.33 Å². The van der Waals surface area contributed by atoms with E-state index < -0.39 is 18.6 Å². The van der Waals surface area contributed by atoms with Crippen LogP contribution in [-0.4, -0.2) is 66.4 Å². The van der Waals surface area contributed by atoms with Gasteiger partial charge in [-0.05, 0) is 34.6 Å². The average Bonchev–Trinajstić information content (AvgIpc) is 2.98. The molecule has 142 valence electrons. The van der Waals surface area contributed by atoms with Crippen molar-refractivity contribution < 1.29 is 18.8 Å². The number of carbonyl (C=O) groups is 1. The second-order valence-corrected chi connectivity index (χ2v) is 7.62. The molecule has 0 bridgehead atoms. The van der Waals surface area contributed by atoms with Gasteiger partial charge in [0.05, 0.1) is 6.33 Å². The molecule has 1 amide bonds. The van der Waals surface area contributed by atoms with Gasteiger partial charge in [-0.2, -0.15) is 9.97 Å². The standard InChI is InChI=1S/C17H26N6O3/c1-10-8-23(16(25)26-17(3,4)5)11(2)7-22(10)14-12-13(19-15(24)20-14)21(6)9-18-12/h9-11H,7-8H2,1-6H3,(H,19,20,24)/t10-,11+/m0/s1/i6D3. The minimum absolute atomic E-state index is 0.0296. The molecule has 0 spiro atoms. The first kappa shape index (κ1) is 14.6. The second kappa shape index (κ2) is 6.30. The normalized spacial score (nSPS) is 23.5. The topological polar surface area (TPSA) is 96.6 Å². The number of imidazole rings is 1. The predicted octanol–water partition coefficient (Wildman–Crippen LogP) is 1.90. The van der Waals surface area contributed by atoms with Crippen LogP contribution in [0.1, 0.15) is 38.7 Å². The maximum atomic E-state index is 12.5. The lowest BCUT2D eigenvalue weighted by Crippen LogP contribution is -2.59. The number of fused-ring (bicyclic) bond motifs is 1. The van der Waals surface area contributed by atoms with Crippen LogP contribution in [0.25, 0.3) is 11.2 Å². The van der Waals surface area contributed by atoms with Gasteiger partial charge in [-0.3, -0.25) is 0 Å². The molecule has 2 atom stereocenters. The highest BCUT2D eigenvalue weighted by atomic mass is 16.6. The van der Waals surface area contributed by atoms with Gasteiger partial charge in [0.2, 0.25) is 0 Å². The Morgan fingerprint density at radius 2 is 2.04 bits per heavy atom. The van der Waals surface area contributed by atoms with Crippen molar-refractivity contribution in [2.24, 2.45) is 6.98 Å². The van der Waals surface area contributed by atoms with Crippen LogP contribution in [0.4, 0.5) is 10.6 Å². The molecule has 1 aliphatic rings. The molecule has 3 rings (SSSR count). The number of aromatic hydroxyl groups is 1. The quantitative estimate of drug-likeness (QED) is 0.824.